The molecule has 0 spiro atoms. The number of benzene rings is 1. The summed E-state index contributed by atoms with van der Waals surface area (Å²) in [6, 6.07) is 4.52. The molecule has 3 rings (SSSR count). The maximum Gasteiger partial charge on any atom is 0.252 e. The molecular formula is C17H21BrN4O4S. The summed E-state index contributed by atoms with van der Waals surface area (Å²) in [4.78, 5) is 17.3. The van der Waals surface area contributed by atoms with E-state index in [1.54, 1.807) is 19.1 Å². The number of aromatic nitrogens is 2. The quantitative estimate of drug-likeness (QED) is 0.740. The van der Waals surface area contributed by atoms with Gasteiger partial charge in [-0.15, -0.1) is 0 Å². The lowest BCUT2D eigenvalue weighted by Crippen LogP contribution is -2.44. The number of carbonyl (C=O) groups excluding carboxylic acids is 1. The predicted molar refractivity (Wildman–Crippen MR) is 102 cm³/mol. The van der Waals surface area contributed by atoms with Gasteiger partial charge in [0.05, 0.1) is 4.90 Å². The van der Waals surface area contributed by atoms with Crippen LogP contribution < -0.4 is 5.32 Å². The second-order valence-electron chi connectivity index (χ2n) is 6.81. The Balaban J connectivity index is 1.94. The second kappa shape index (κ2) is 7.33. The van der Waals surface area contributed by atoms with Gasteiger partial charge in [-0.2, -0.15) is 4.98 Å². The van der Waals surface area contributed by atoms with Crippen LogP contribution >= 0.6 is 15.9 Å². The average Bonchev–Trinajstić information content (AvgIpc) is 3.24. The molecule has 10 heteroatoms. The largest absolute Gasteiger partial charge is 0.340 e. The molecule has 0 unspecified atom stereocenters. The first-order valence-electron chi connectivity index (χ1n) is 8.51. The monoisotopic (exact) mass is 456 g/mol. The number of hydrogen-bond donors (Lipinski definition) is 1. The summed E-state index contributed by atoms with van der Waals surface area (Å²) < 4.78 is 31.6. The molecule has 0 bridgehead atoms. The van der Waals surface area contributed by atoms with Crippen LogP contribution in [0.4, 0.5) is 0 Å². The Kier molecular flexibility index (Phi) is 5.42. The van der Waals surface area contributed by atoms with Gasteiger partial charge in [-0.25, -0.2) is 12.7 Å². The first-order valence-corrected chi connectivity index (χ1v) is 10.7. The molecule has 146 valence electrons. The van der Waals surface area contributed by atoms with Crippen LogP contribution in [0.15, 0.2) is 32.1 Å². The molecule has 1 aliphatic rings. The van der Waals surface area contributed by atoms with Gasteiger partial charge in [-0.1, -0.05) is 18.0 Å². The molecule has 1 aromatic heterocycles. The van der Waals surface area contributed by atoms with E-state index in [0.29, 0.717) is 29.0 Å². The number of aryl methyl sites for hydroxylation is 1. The Labute approximate surface area is 166 Å². The van der Waals surface area contributed by atoms with Gasteiger partial charge in [0.2, 0.25) is 15.9 Å². The summed E-state index contributed by atoms with van der Waals surface area (Å²) in [5.41, 5.74) is -0.437. The predicted octanol–water partition coefficient (Wildman–Crippen LogP) is 2.59. The zero-order valence-electron chi connectivity index (χ0n) is 15.3. The fourth-order valence-electron chi connectivity index (χ4n) is 3.21. The fraction of sp³-hybridized carbons (Fsp3) is 0.471. The first-order chi connectivity index (χ1) is 12.7. The van der Waals surface area contributed by atoms with Crippen LogP contribution in [0.2, 0.25) is 0 Å². The van der Waals surface area contributed by atoms with E-state index in [1.165, 1.54) is 20.2 Å². The number of amides is 1. The van der Waals surface area contributed by atoms with Crippen molar-refractivity contribution in [2.45, 2.75) is 43.0 Å². The van der Waals surface area contributed by atoms with Crippen molar-refractivity contribution in [3.05, 3.63) is 40.0 Å². The fourth-order valence-corrected chi connectivity index (χ4v) is 5.05. The molecule has 1 heterocycles. The van der Waals surface area contributed by atoms with E-state index >= 15 is 0 Å². The lowest BCUT2D eigenvalue weighted by atomic mass is 9.96. The molecule has 1 N–H and O–H groups in total. The van der Waals surface area contributed by atoms with E-state index in [-0.39, 0.29) is 16.4 Å². The van der Waals surface area contributed by atoms with E-state index in [4.69, 9.17) is 4.52 Å². The zero-order chi connectivity index (χ0) is 19.8. The highest BCUT2D eigenvalue weighted by Gasteiger charge is 2.41. The van der Waals surface area contributed by atoms with Crippen LogP contribution in [0.5, 0.6) is 0 Å². The molecule has 8 nitrogen and oxygen atoms in total. The molecule has 0 atom stereocenters. The number of rotatable bonds is 5. The highest BCUT2D eigenvalue weighted by molar-refractivity contribution is 9.10. The van der Waals surface area contributed by atoms with Crippen LogP contribution in [0, 0.1) is 6.92 Å². The molecule has 1 aromatic carbocycles. The van der Waals surface area contributed by atoms with E-state index in [9.17, 15) is 13.2 Å². The maximum atomic E-state index is 12.9. The maximum absolute atomic E-state index is 12.9. The van der Waals surface area contributed by atoms with Crippen LogP contribution in [-0.2, 0) is 15.6 Å². The topological polar surface area (TPSA) is 105 Å². The molecule has 1 amide bonds. The van der Waals surface area contributed by atoms with Crippen LogP contribution in [-0.4, -0.2) is 42.9 Å². The van der Waals surface area contributed by atoms with Crippen LogP contribution in [0.3, 0.4) is 0 Å². The van der Waals surface area contributed by atoms with Gasteiger partial charge in [-0.3, -0.25) is 4.79 Å². The summed E-state index contributed by atoms with van der Waals surface area (Å²) in [5.74, 6) is 0.527. The number of carbonyl (C=O) groups is 1. The van der Waals surface area contributed by atoms with Crippen molar-refractivity contribution in [2.24, 2.45) is 0 Å². The Morgan fingerprint density at radius 1 is 1.30 bits per heavy atom. The normalized spacial score (nSPS) is 16.6. The Hall–Kier alpha value is -1.78. The zero-order valence-corrected chi connectivity index (χ0v) is 17.7. The molecule has 1 aliphatic carbocycles. The van der Waals surface area contributed by atoms with Gasteiger partial charge in [0, 0.05) is 31.1 Å². The number of halogens is 1. The summed E-state index contributed by atoms with van der Waals surface area (Å²) >= 11 is 3.25. The molecule has 1 fully saturated rings. The van der Waals surface area contributed by atoms with Crippen molar-refractivity contribution >= 4 is 31.9 Å². The number of hydrogen-bond acceptors (Lipinski definition) is 6. The molecule has 1 saturated carbocycles. The lowest BCUT2D eigenvalue weighted by Gasteiger charge is -2.27. The smallest absolute Gasteiger partial charge is 0.252 e. The van der Waals surface area contributed by atoms with Crippen molar-refractivity contribution in [2.75, 3.05) is 14.1 Å². The highest BCUT2D eigenvalue weighted by atomic mass is 79.9. The van der Waals surface area contributed by atoms with Gasteiger partial charge in [0.15, 0.2) is 5.82 Å². The lowest BCUT2D eigenvalue weighted by molar-refractivity contribution is 0.0891. The van der Waals surface area contributed by atoms with Crippen molar-refractivity contribution in [3.63, 3.8) is 0 Å². The molecular weight excluding hydrogens is 436 g/mol. The summed E-state index contributed by atoms with van der Waals surface area (Å²) in [5, 5.41) is 7.02. The molecule has 2 aromatic rings. The summed E-state index contributed by atoms with van der Waals surface area (Å²) in [6.45, 7) is 1.70. The van der Waals surface area contributed by atoms with Gasteiger partial charge in [-0.05, 0) is 47.0 Å². The van der Waals surface area contributed by atoms with E-state index in [2.05, 4.69) is 31.4 Å². The van der Waals surface area contributed by atoms with Crippen molar-refractivity contribution in [1.82, 2.24) is 19.8 Å². The Bertz CT molecular complexity index is 965. The highest BCUT2D eigenvalue weighted by Crippen LogP contribution is 2.37. The van der Waals surface area contributed by atoms with Gasteiger partial charge < -0.3 is 9.84 Å². The molecule has 0 saturated heterocycles. The Morgan fingerprint density at radius 2 is 1.96 bits per heavy atom. The van der Waals surface area contributed by atoms with Crippen molar-refractivity contribution in [3.8, 4) is 0 Å². The second-order valence-corrected chi connectivity index (χ2v) is 9.79. The van der Waals surface area contributed by atoms with E-state index in [1.807, 2.05) is 0 Å². The summed E-state index contributed by atoms with van der Waals surface area (Å²) in [7, 11) is -0.798. The minimum absolute atomic E-state index is 0.0380. The molecule has 0 aliphatic heterocycles. The van der Waals surface area contributed by atoms with Gasteiger partial charge in [0.1, 0.15) is 5.54 Å². The SMILES string of the molecule is Cc1nc(C2(NC(=O)c3ccc(Br)c(S(=O)(=O)N(C)C)c3)CCCC2)no1. The van der Waals surface area contributed by atoms with E-state index < -0.39 is 15.6 Å². The number of nitrogens with zero attached hydrogens (tertiary/aromatic N) is 3. The van der Waals surface area contributed by atoms with Crippen molar-refractivity contribution < 1.29 is 17.7 Å². The average molecular weight is 457 g/mol. The third-order valence-electron chi connectivity index (χ3n) is 4.72. The number of sulfonamides is 1. The minimum atomic E-state index is -3.69. The van der Waals surface area contributed by atoms with E-state index in [0.717, 1.165) is 17.1 Å². The Morgan fingerprint density at radius 3 is 2.52 bits per heavy atom. The molecule has 0 radical (unpaired) electrons. The van der Waals surface area contributed by atoms with Crippen LogP contribution in [0.1, 0.15) is 47.8 Å². The standard InChI is InChI=1S/C17H21BrN4O4S/c1-11-19-16(21-26-11)17(8-4-5-9-17)20-15(23)12-6-7-13(18)14(10-12)27(24,25)22(2)3/h6-7,10H,4-5,8-9H2,1-3H3,(H,20,23). The summed E-state index contributed by atoms with van der Waals surface area (Å²) in [6.07, 6.45) is 3.29. The van der Waals surface area contributed by atoms with Crippen LogP contribution in [0.25, 0.3) is 0 Å². The third-order valence-corrected chi connectivity index (χ3v) is 7.53. The minimum Gasteiger partial charge on any atom is -0.340 e. The third kappa shape index (κ3) is 3.78. The van der Waals surface area contributed by atoms with Gasteiger partial charge in [0.25, 0.3) is 5.91 Å². The van der Waals surface area contributed by atoms with Crippen molar-refractivity contribution in [1.29, 1.82) is 0 Å². The van der Waals surface area contributed by atoms with Gasteiger partial charge >= 0.3 is 0 Å². The number of nitrogens with one attached hydrogen (secondary N) is 1. The molecule has 27 heavy (non-hydrogen) atoms. The first kappa shape index (κ1) is 20.0.